The summed E-state index contributed by atoms with van der Waals surface area (Å²) in [6, 6.07) is 7.42. The van der Waals surface area contributed by atoms with Gasteiger partial charge in [0.05, 0.1) is 24.5 Å². The van der Waals surface area contributed by atoms with Crippen molar-refractivity contribution in [2.45, 2.75) is 19.8 Å². The Morgan fingerprint density at radius 3 is 2.62 bits per heavy atom. The molecule has 1 aliphatic heterocycles. The highest BCUT2D eigenvalue weighted by molar-refractivity contribution is 7.91. The lowest BCUT2D eigenvalue weighted by molar-refractivity contribution is -0.120. The van der Waals surface area contributed by atoms with Crippen LogP contribution < -0.4 is 10.1 Å². The van der Waals surface area contributed by atoms with Gasteiger partial charge in [-0.15, -0.1) is 0 Å². The number of nitrogens with one attached hydrogen (secondary N) is 1. The molecule has 0 aromatic heterocycles. The highest BCUT2D eigenvalue weighted by atomic mass is 32.2. The first-order valence-corrected chi connectivity index (χ1v) is 8.99. The van der Waals surface area contributed by atoms with Gasteiger partial charge in [0, 0.05) is 6.54 Å². The molecule has 1 fully saturated rings. The molecule has 1 unspecified atom stereocenters. The predicted molar refractivity (Wildman–Crippen MR) is 81.1 cm³/mol. The van der Waals surface area contributed by atoms with Crippen molar-refractivity contribution in [1.29, 1.82) is 0 Å². The van der Waals surface area contributed by atoms with E-state index in [-0.39, 0.29) is 23.3 Å². The second kappa shape index (κ2) is 6.93. The second-order valence-electron chi connectivity index (χ2n) is 5.33. The van der Waals surface area contributed by atoms with Gasteiger partial charge in [-0.2, -0.15) is 0 Å². The molecule has 0 radical (unpaired) electrons. The smallest absolute Gasteiger partial charge is 0.224 e. The molecule has 1 aromatic carbocycles. The van der Waals surface area contributed by atoms with Crippen LogP contribution in [0.25, 0.3) is 0 Å². The van der Waals surface area contributed by atoms with Crippen LogP contribution >= 0.6 is 0 Å². The number of carbonyl (C=O) groups is 1. The third kappa shape index (κ3) is 5.04. The molecule has 1 amide bonds. The minimum atomic E-state index is -2.88. The lowest BCUT2D eigenvalue weighted by Gasteiger charge is -2.10. The Kier molecular flexibility index (Phi) is 5.22. The van der Waals surface area contributed by atoms with Gasteiger partial charge >= 0.3 is 0 Å². The Balaban J connectivity index is 1.76. The molecule has 0 spiro atoms. The standard InChI is InChI=1S/C15H21NO4S/c1-2-20-14-5-3-12(4-6-14)9-15(17)16-10-13-7-8-21(18,19)11-13/h3-6,13H,2,7-11H2,1H3,(H,16,17). The molecule has 0 saturated carbocycles. The molecule has 116 valence electrons. The van der Waals surface area contributed by atoms with E-state index < -0.39 is 9.84 Å². The van der Waals surface area contributed by atoms with E-state index in [1.807, 2.05) is 31.2 Å². The zero-order valence-corrected chi connectivity index (χ0v) is 13.0. The number of hydrogen-bond donors (Lipinski definition) is 1. The van der Waals surface area contributed by atoms with Crippen LogP contribution in [-0.4, -0.2) is 39.0 Å². The minimum absolute atomic E-state index is 0.0549. The third-order valence-electron chi connectivity index (χ3n) is 3.51. The van der Waals surface area contributed by atoms with Gasteiger partial charge in [-0.3, -0.25) is 4.79 Å². The average molecular weight is 311 g/mol. The van der Waals surface area contributed by atoms with Crippen molar-refractivity contribution in [3.63, 3.8) is 0 Å². The fourth-order valence-corrected chi connectivity index (χ4v) is 4.27. The molecule has 1 heterocycles. The monoisotopic (exact) mass is 311 g/mol. The number of sulfone groups is 1. The summed E-state index contributed by atoms with van der Waals surface area (Å²) in [5, 5.41) is 2.82. The van der Waals surface area contributed by atoms with E-state index in [2.05, 4.69) is 5.32 Å². The molecule has 1 atom stereocenters. The topological polar surface area (TPSA) is 72.5 Å². The maximum absolute atomic E-state index is 11.8. The fourth-order valence-electron chi connectivity index (χ4n) is 2.41. The summed E-state index contributed by atoms with van der Waals surface area (Å²) in [5.74, 6) is 1.20. The Morgan fingerprint density at radius 1 is 1.33 bits per heavy atom. The summed E-state index contributed by atoms with van der Waals surface area (Å²) >= 11 is 0. The first kappa shape index (κ1) is 15.8. The Bertz CT molecular complexity index is 580. The van der Waals surface area contributed by atoms with Gasteiger partial charge in [-0.1, -0.05) is 12.1 Å². The zero-order valence-electron chi connectivity index (χ0n) is 12.2. The van der Waals surface area contributed by atoms with Crippen molar-refractivity contribution in [2.24, 2.45) is 5.92 Å². The molecular formula is C15H21NO4S. The van der Waals surface area contributed by atoms with Gasteiger partial charge in [-0.25, -0.2) is 8.42 Å². The number of rotatable bonds is 6. The molecule has 0 bridgehead atoms. The highest BCUT2D eigenvalue weighted by Crippen LogP contribution is 2.17. The van der Waals surface area contributed by atoms with Crippen LogP contribution in [-0.2, 0) is 21.1 Å². The van der Waals surface area contributed by atoms with Crippen LogP contribution in [0, 0.1) is 5.92 Å². The van der Waals surface area contributed by atoms with Crippen molar-refractivity contribution < 1.29 is 17.9 Å². The van der Waals surface area contributed by atoms with Gasteiger partial charge in [-0.05, 0) is 37.0 Å². The molecule has 1 saturated heterocycles. The minimum Gasteiger partial charge on any atom is -0.494 e. The van der Waals surface area contributed by atoms with Crippen molar-refractivity contribution in [2.75, 3.05) is 24.7 Å². The summed E-state index contributed by atoms with van der Waals surface area (Å²) in [7, 11) is -2.88. The molecule has 1 N–H and O–H groups in total. The molecule has 0 aliphatic carbocycles. The van der Waals surface area contributed by atoms with Gasteiger partial charge in [0.15, 0.2) is 9.84 Å². The summed E-state index contributed by atoms with van der Waals surface area (Å²) in [6.45, 7) is 2.98. The molecule has 1 aliphatic rings. The first-order chi connectivity index (χ1) is 9.98. The van der Waals surface area contributed by atoms with E-state index in [1.165, 1.54) is 0 Å². The Labute approximate surface area is 125 Å². The quantitative estimate of drug-likeness (QED) is 0.856. The van der Waals surface area contributed by atoms with E-state index in [9.17, 15) is 13.2 Å². The van der Waals surface area contributed by atoms with E-state index in [4.69, 9.17) is 4.74 Å². The van der Waals surface area contributed by atoms with Crippen molar-refractivity contribution in [1.82, 2.24) is 5.32 Å². The van der Waals surface area contributed by atoms with Gasteiger partial charge in [0.1, 0.15) is 5.75 Å². The summed E-state index contributed by atoms with van der Waals surface area (Å²) in [6.07, 6.45) is 0.942. The van der Waals surface area contributed by atoms with Crippen LogP contribution in [0.15, 0.2) is 24.3 Å². The fraction of sp³-hybridized carbons (Fsp3) is 0.533. The van der Waals surface area contributed by atoms with Crippen LogP contribution in [0.1, 0.15) is 18.9 Å². The maximum Gasteiger partial charge on any atom is 0.224 e. The highest BCUT2D eigenvalue weighted by Gasteiger charge is 2.27. The van der Waals surface area contributed by atoms with Crippen molar-refractivity contribution in [3.8, 4) is 5.75 Å². The molecule has 5 nitrogen and oxygen atoms in total. The normalized spacial score (nSPS) is 20.1. The van der Waals surface area contributed by atoms with Gasteiger partial charge in [0.25, 0.3) is 0 Å². The Morgan fingerprint density at radius 2 is 2.05 bits per heavy atom. The SMILES string of the molecule is CCOc1ccc(CC(=O)NCC2CCS(=O)(=O)C2)cc1. The lowest BCUT2D eigenvalue weighted by atomic mass is 10.1. The number of amides is 1. The number of hydrogen-bond acceptors (Lipinski definition) is 4. The summed E-state index contributed by atoms with van der Waals surface area (Å²) in [4.78, 5) is 11.8. The largest absolute Gasteiger partial charge is 0.494 e. The number of carbonyl (C=O) groups excluding carboxylic acids is 1. The average Bonchev–Trinajstić information content (AvgIpc) is 2.79. The first-order valence-electron chi connectivity index (χ1n) is 7.17. The molecular weight excluding hydrogens is 290 g/mol. The lowest BCUT2D eigenvalue weighted by Crippen LogP contribution is -2.30. The predicted octanol–water partition coefficient (Wildman–Crippen LogP) is 1.18. The third-order valence-corrected chi connectivity index (χ3v) is 5.35. The van der Waals surface area contributed by atoms with Gasteiger partial charge < -0.3 is 10.1 Å². The Hall–Kier alpha value is -1.56. The van der Waals surface area contributed by atoms with E-state index in [0.29, 0.717) is 26.0 Å². The maximum atomic E-state index is 11.8. The van der Waals surface area contributed by atoms with Crippen LogP contribution in [0.5, 0.6) is 5.75 Å². The molecule has 1 aromatic rings. The number of benzene rings is 1. The van der Waals surface area contributed by atoms with Crippen molar-refractivity contribution in [3.05, 3.63) is 29.8 Å². The molecule has 6 heteroatoms. The van der Waals surface area contributed by atoms with E-state index in [0.717, 1.165) is 11.3 Å². The van der Waals surface area contributed by atoms with E-state index >= 15 is 0 Å². The summed E-state index contributed by atoms with van der Waals surface area (Å²) < 4.78 is 28.0. The van der Waals surface area contributed by atoms with E-state index in [1.54, 1.807) is 0 Å². The van der Waals surface area contributed by atoms with Gasteiger partial charge in [0.2, 0.25) is 5.91 Å². The zero-order chi connectivity index (χ0) is 15.3. The summed E-state index contributed by atoms with van der Waals surface area (Å²) in [5.41, 5.74) is 0.912. The molecule has 21 heavy (non-hydrogen) atoms. The van der Waals surface area contributed by atoms with Crippen LogP contribution in [0.2, 0.25) is 0 Å². The molecule has 2 rings (SSSR count). The second-order valence-corrected chi connectivity index (χ2v) is 7.56. The van der Waals surface area contributed by atoms with Crippen LogP contribution in [0.3, 0.4) is 0 Å². The number of ether oxygens (including phenoxy) is 1. The van der Waals surface area contributed by atoms with Crippen LogP contribution in [0.4, 0.5) is 0 Å². The van der Waals surface area contributed by atoms with Crippen molar-refractivity contribution >= 4 is 15.7 Å².